The monoisotopic (exact) mass is 446 g/mol. The summed E-state index contributed by atoms with van der Waals surface area (Å²) in [6.45, 7) is 15.5. The number of aryl methyl sites for hydroxylation is 1. The second kappa shape index (κ2) is 8.64. The zero-order valence-corrected chi connectivity index (χ0v) is 21.1. The zero-order valence-electron chi connectivity index (χ0n) is 20.2. The summed E-state index contributed by atoms with van der Waals surface area (Å²) in [5, 5.41) is 0.342. The highest BCUT2D eigenvalue weighted by Gasteiger charge is 2.45. The number of benzene rings is 3. The van der Waals surface area contributed by atoms with Crippen molar-refractivity contribution in [3.8, 4) is 0 Å². The van der Waals surface area contributed by atoms with Gasteiger partial charge in [0.15, 0.2) is 0 Å². The van der Waals surface area contributed by atoms with E-state index in [2.05, 4.69) is 0 Å². The average molecular weight is 447 g/mol. The van der Waals surface area contributed by atoms with Gasteiger partial charge in [-0.3, -0.25) is 9.59 Å². The van der Waals surface area contributed by atoms with Crippen LogP contribution in [0, 0.1) is 55.4 Å². The van der Waals surface area contributed by atoms with Crippen LogP contribution in [0.15, 0.2) is 42.5 Å². The van der Waals surface area contributed by atoms with Crippen molar-refractivity contribution in [3.63, 3.8) is 0 Å². The van der Waals surface area contributed by atoms with Crippen molar-refractivity contribution in [1.29, 1.82) is 0 Å². The highest BCUT2D eigenvalue weighted by Crippen LogP contribution is 2.53. The first-order chi connectivity index (χ1) is 14.9. The fourth-order valence-electron chi connectivity index (χ4n) is 4.33. The molecule has 0 aliphatic rings. The quantitative estimate of drug-likeness (QED) is 0.404. The van der Waals surface area contributed by atoms with E-state index in [0.717, 1.165) is 44.5 Å². The third kappa shape index (κ3) is 3.59. The molecular formula is C28H31O3P. The summed E-state index contributed by atoms with van der Waals surface area (Å²) in [6, 6.07) is 12.1. The smallest absolute Gasteiger partial charge is 0.248 e. The molecule has 1 atom stereocenters. The summed E-state index contributed by atoms with van der Waals surface area (Å²) in [4.78, 5) is 28.0. The van der Waals surface area contributed by atoms with E-state index in [0.29, 0.717) is 10.9 Å². The molecule has 0 fully saturated rings. The summed E-state index contributed by atoms with van der Waals surface area (Å²) in [7, 11) is -4.17. The van der Waals surface area contributed by atoms with Gasteiger partial charge >= 0.3 is 0 Å². The van der Waals surface area contributed by atoms with Crippen LogP contribution in [0.1, 0.15) is 65.2 Å². The van der Waals surface area contributed by atoms with Gasteiger partial charge in [0.25, 0.3) is 0 Å². The van der Waals surface area contributed by atoms with E-state index in [1.165, 1.54) is 0 Å². The first-order valence-corrected chi connectivity index (χ1v) is 12.5. The van der Waals surface area contributed by atoms with Gasteiger partial charge in [-0.25, -0.2) is 0 Å². The second-order valence-corrected chi connectivity index (χ2v) is 11.2. The minimum atomic E-state index is -4.17. The van der Waals surface area contributed by atoms with E-state index in [1.54, 1.807) is 36.4 Å². The predicted molar refractivity (Wildman–Crippen MR) is 133 cm³/mol. The molecule has 0 radical (unpaired) electrons. The maximum absolute atomic E-state index is 14.8. The lowest BCUT2D eigenvalue weighted by Crippen LogP contribution is -2.25. The molecule has 0 saturated carbocycles. The Morgan fingerprint density at radius 3 is 1.59 bits per heavy atom. The molecule has 4 heteroatoms. The van der Waals surface area contributed by atoms with Crippen LogP contribution in [-0.2, 0) is 4.57 Å². The molecule has 3 rings (SSSR count). The van der Waals surface area contributed by atoms with E-state index < -0.39 is 18.2 Å². The summed E-state index contributed by atoms with van der Waals surface area (Å²) in [6.07, 6.45) is 0. The molecule has 166 valence electrons. The van der Waals surface area contributed by atoms with Crippen LogP contribution in [-0.4, -0.2) is 11.0 Å². The summed E-state index contributed by atoms with van der Waals surface area (Å²) in [5.41, 5.74) is 6.92. The molecule has 0 saturated heterocycles. The van der Waals surface area contributed by atoms with Gasteiger partial charge in [0.1, 0.15) is 0 Å². The molecule has 0 amide bonds. The number of carbonyl (C=O) groups excluding carboxylic acids is 2. The Hall–Kier alpha value is -2.77. The number of rotatable bonds is 5. The van der Waals surface area contributed by atoms with E-state index in [-0.39, 0.29) is 5.56 Å². The topological polar surface area (TPSA) is 51.2 Å². The predicted octanol–water partition coefficient (Wildman–Crippen LogP) is 6.82. The van der Waals surface area contributed by atoms with Crippen molar-refractivity contribution in [1.82, 2.24) is 0 Å². The standard InChI is InChI=1S/C28H31O3P/c1-16-14-15-25(21(6)17(16)2)32(31,27(29)24-12-10-9-11-13-24)28(30)26-22(7)19(4)18(3)20(5)23(26)8/h9-15H,1-8H3. The maximum Gasteiger partial charge on any atom is 0.248 e. The van der Waals surface area contributed by atoms with E-state index in [1.807, 2.05) is 61.5 Å². The lowest BCUT2D eigenvalue weighted by Gasteiger charge is -2.24. The normalized spacial score (nSPS) is 13.0. The fourth-order valence-corrected chi connectivity index (χ4v) is 7.04. The highest BCUT2D eigenvalue weighted by molar-refractivity contribution is 8.01. The molecule has 0 spiro atoms. The van der Waals surface area contributed by atoms with E-state index >= 15 is 0 Å². The first-order valence-electron chi connectivity index (χ1n) is 10.8. The Labute approximate surface area is 191 Å². The van der Waals surface area contributed by atoms with Crippen LogP contribution < -0.4 is 5.30 Å². The molecule has 0 heterocycles. The zero-order chi connectivity index (χ0) is 24.0. The van der Waals surface area contributed by atoms with Crippen LogP contribution in [0.5, 0.6) is 0 Å². The van der Waals surface area contributed by atoms with E-state index in [4.69, 9.17) is 0 Å². The van der Waals surface area contributed by atoms with Gasteiger partial charge in [-0.2, -0.15) is 0 Å². The van der Waals surface area contributed by atoms with Crippen LogP contribution in [0.4, 0.5) is 0 Å². The summed E-state index contributed by atoms with van der Waals surface area (Å²) >= 11 is 0. The second-order valence-electron chi connectivity index (χ2n) is 8.74. The SMILES string of the molecule is Cc1ccc(P(=O)(C(=O)c2ccccc2)C(=O)c2c(C)c(C)c(C)c(C)c2C)c(C)c1C. The Kier molecular flexibility index (Phi) is 6.45. The van der Waals surface area contributed by atoms with Crippen LogP contribution in [0.2, 0.25) is 0 Å². The fraction of sp³-hybridized carbons (Fsp3) is 0.286. The molecule has 3 aromatic rings. The lowest BCUT2D eigenvalue weighted by molar-refractivity contribution is 0.104. The summed E-state index contributed by atoms with van der Waals surface area (Å²) < 4.78 is 14.8. The van der Waals surface area contributed by atoms with Gasteiger partial charge in [0, 0.05) is 16.4 Å². The first kappa shape index (κ1) is 23.9. The largest absolute Gasteiger partial charge is 0.302 e. The van der Waals surface area contributed by atoms with Gasteiger partial charge in [0.2, 0.25) is 18.2 Å². The minimum Gasteiger partial charge on any atom is -0.302 e. The van der Waals surface area contributed by atoms with Crippen LogP contribution in [0.3, 0.4) is 0 Å². The number of hydrogen-bond acceptors (Lipinski definition) is 3. The maximum atomic E-state index is 14.8. The average Bonchev–Trinajstić information content (AvgIpc) is 2.79. The molecule has 0 aromatic heterocycles. The Balaban J connectivity index is 2.41. The van der Waals surface area contributed by atoms with Gasteiger partial charge in [-0.1, -0.05) is 42.5 Å². The van der Waals surface area contributed by atoms with Gasteiger partial charge in [-0.15, -0.1) is 0 Å². The van der Waals surface area contributed by atoms with Crippen LogP contribution >= 0.6 is 7.14 Å². The van der Waals surface area contributed by atoms with E-state index in [9.17, 15) is 14.2 Å². The van der Waals surface area contributed by atoms with Gasteiger partial charge in [-0.05, 0) is 99.9 Å². The summed E-state index contributed by atoms with van der Waals surface area (Å²) in [5.74, 6) is 0. The van der Waals surface area contributed by atoms with Crippen molar-refractivity contribution in [2.45, 2.75) is 55.4 Å². The number of carbonyl (C=O) groups is 2. The third-order valence-corrected chi connectivity index (χ3v) is 9.96. The third-order valence-electron chi connectivity index (χ3n) is 7.18. The molecule has 32 heavy (non-hydrogen) atoms. The Morgan fingerprint density at radius 1 is 0.562 bits per heavy atom. The minimum absolute atomic E-state index is 0.290. The highest BCUT2D eigenvalue weighted by atomic mass is 31.2. The molecule has 0 aliphatic heterocycles. The molecule has 0 bridgehead atoms. The molecule has 0 N–H and O–H groups in total. The van der Waals surface area contributed by atoms with Crippen molar-refractivity contribution < 1.29 is 14.2 Å². The van der Waals surface area contributed by atoms with Gasteiger partial charge < -0.3 is 4.57 Å². The molecule has 3 nitrogen and oxygen atoms in total. The molecule has 3 aromatic carbocycles. The molecule has 1 unspecified atom stereocenters. The number of hydrogen-bond donors (Lipinski definition) is 0. The Morgan fingerprint density at radius 2 is 1.06 bits per heavy atom. The Bertz CT molecular complexity index is 1270. The van der Waals surface area contributed by atoms with Crippen LogP contribution in [0.25, 0.3) is 0 Å². The van der Waals surface area contributed by atoms with Crippen molar-refractivity contribution in [2.75, 3.05) is 0 Å². The van der Waals surface area contributed by atoms with Crippen molar-refractivity contribution in [3.05, 3.63) is 98.1 Å². The van der Waals surface area contributed by atoms with Crippen molar-refractivity contribution in [2.24, 2.45) is 0 Å². The molecule has 0 aliphatic carbocycles. The lowest BCUT2D eigenvalue weighted by atomic mass is 9.90. The molecular weight excluding hydrogens is 415 g/mol. The van der Waals surface area contributed by atoms with Gasteiger partial charge in [0.05, 0.1) is 0 Å². The van der Waals surface area contributed by atoms with Crippen molar-refractivity contribution >= 4 is 23.5 Å².